The molecule has 1 amide bonds. The van der Waals surface area contributed by atoms with Crippen LogP contribution in [0.1, 0.15) is 39.5 Å². The van der Waals surface area contributed by atoms with E-state index in [0.29, 0.717) is 30.8 Å². The molecule has 0 aromatic rings. The summed E-state index contributed by atoms with van der Waals surface area (Å²) in [6.07, 6.45) is 4.10. The maximum absolute atomic E-state index is 12.2. The highest BCUT2D eigenvalue weighted by Crippen LogP contribution is 2.18. The van der Waals surface area contributed by atoms with Crippen LogP contribution < -0.4 is 5.73 Å². The Morgan fingerprint density at radius 2 is 2.16 bits per heavy atom. The Morgan fingerprint density at radius 1 is 1.47 bits per heavy atom. The zero-order chi connectivity index (χ0) is 14.4. The summed E-state index contributed by atoms with van der Waals surface area (Å²) >= 11 is 0. The smallest absolute Gasteiger partial charge is 0.222 e. The van der Waals surface area contributed by atoms with Crippen molar-refractivity contribution < 1.29 is 4.79 Å². The fraction of sp³-hybridized carbons (Fsp3) is 0.933. The van der Waals surface area contributed by atoms with Crippen molar-refractivity contribution in [1.82, 2.24) is 9.80 Å². The molecule has 2 unspecified atom stereocenters. The van der Waals surface area contributed by atoms with Crippen LogP contribution in [0, 0.1) is 11.8 Å². The SMILES string of the molecule is CC(C)CC(CN)CC(=O)N(C)CC1CCCN1C. The molecule has 1 aliphatic heterocycles. The van der Waals surface area contributed by atoms with Crippen LogP contribution in [0.2, 0.25) is 0 Å². The standard InChI is InChI=1S/C15H31N3O/c1-12(2)8-13(10-16)9-15(19)18(4)11-14-6-5-7-17(14)3/h12-14H,5-11,16H2,1-4H3. The molecule has 0 aromatic heterocycles. The normalized spacial score (nSPS) is 21.9. The number of rotatable bonds is 7. The molecule has 0 bridgehead atoms. The zero-order valence-electron chi connectivity index (χ0n) is 13.1. The van der Waals surface area contributed by atoms with Crippen LogP contribution in [-0.4, -0.2) is 55.5 Å². The van der Waals surface area contributed by atoms with Crippen molar-refractivity contribution in [3.05, 3.63) is 0 Å². The van der Waals surface area contributed by atoms with E-state index in [1.54, 1.807) is 0 Å². The van der Waals surface area contributed by atoms with Crippen LogP contribution in [0.5, 0.6) is 0 Å². The Kier molecular flexibility index (Phi) is 6.80. The first-order valence-electron chi connectivity index (χ1n) is 7.58. The van der Waals surface area contributed by atoms with E-state index in [-0.39, 0.29) is 5.91 Å². The molecule has 2 N–H and O–H groups in total. The van der Waals surface area contributed by atoms with Gasteiger partial charge in [-0.1, -0.05) is 13.8 Å². The largest absolute Gasteiger partial charge is 0.344 e. The number of amides is 1. The van der Waals surface area contributed by atoms with Crippen molar-refractivity contribution in [3.8, 4) is 0 Å². The molecule has 0 spiro atoms. The molecule has 4 heteroatoms. The second-order valence-corrected chi connectivity index (χ2v) is 6.49. The predicted octanol–water partition coefficient (Wildman–Crippen LogP) is 1.55. The van der Waals surface area contributed by atoms with Gasteiger partial charge in [0.2, 0.25) is 5.91 Å². The van der Waals surface area contributed by atoms with Crippen molar-refractivity contribution in [1.29, 1.82) is 0 Å². The second kappa shape index (κ2) is 7.85. The topological polar surface area (TPSA) is 49.6 Å². The maximum atomic E-state index is 12.2. The number of nitrogens with two attached hydrogens (primary N) is 1. The Labute approximate surface area is 118 Å². The first-order chi connectivity index (χ1) is 8.93. The van der Waals surface area contributed by atoms with Gasteiger partial charge in [0.05, 0.1) is 0 Å². The molecule has 19 heavy (non-hydrogen) atoms. The summed E-state index contributed by atoms with van der Waals surface area (Å²) in [5.74, 6) is 1.18. The van der Waals surface area contributed by atoms with E-state index in [0.717, 1.165) is 19.5 Å². The molecule has 0 aromatic carbocycles. The highest BCUT2D eigenvalue weighted by molar-refractivity contribution is 5.76. The van der Waals surface area contributed by atoms with E-state index in [1.165, 1.54) is 12.8 Å². The molecule has 112 valence electrons. The van der Waals surface area contributed by atoms with Crippen molar-refractivity contribution in [2.24, 2.45) is 17.6 Å². The van der Waals surface area contributed by atoms with Gasteiger partial charge in [0.15, 0.2) is 0 Å². The van der Waals surface area contributed by atoms with E-state index >= 15 is 0 Å². The highest BCUT2D eigenvalue weighted by Gasteiger charge is 2.24. The fourth-order valence-electron chi connectivity index (χ4n) is 2.96. The van der Waals surface area contributed by atoms with E-state index < -0.39 is 0 Å². The summed E-state index contributed by atoms with van der Waals surface area (Å²) in [6, 6.07) is 0.537. The van der Waals surface area contributed by atoms with Crippen molar-refractivity contribution in [2.75, 3.05) is 33.7 Å². The lowest BCUT2D eigenvalue weighted by molar-refractivity contribution is -0.131. The minimum absolute atomic E-state index is 0.247. The van der Waals surface area contributed by atoms with Crippen molar-refractivity contribution in [2.45, 2.75) is 45.6 Å². The molecule has 2 atom stereocenters. The second-order valence-electron chi connectivity index (χ2n) is 6.49. The van der Waals surface area contributed by atoms with Crippen LogP contribution in [0.15, 0.2) is 0 Å². The summed E-state index contributed by atoms with van der Waals surface area (Å²) in [5.41, 5.74) is 5.78. The lowest BCUT2D eigenvalue weighted by atomic mass is 9.94. The third-order valence-electron chi connectivity index (χ3n) is 4.18. The van der Waals surface area contributed by atoms with Gasteiger partial charge in [-0.3, -0.25) is 4.79 Å². The van der Waals surface area contributed by atoms with Crippen LogP contribution in [0.3, 0.4) is 0 Å². The summed E-state index contributed by atoms with van der Waals surface area (Å²) in [4.78, 5) is 16.5. The van der Waals surface area contributed by atoms with Crippen LogP contribution >= 0.6 is 0 Å². The number of likely N-dealkylation sites (tertiary alicyclic amines) is 1. The summed E-state index contributed by atoms with van der Waals surface area (Å²) < 4.78 is 0. The molecule has 0 saturated carbocycles. The third-order valence-corrected chi connectivity index (χ3v) is 4.18. The monoisotopic (exact) mass is 269 g/mol. The van der Waals surface area contributed by atoms with Crippen LogP contribution in [0.25, 0.3) is 0 Å². The number of nitrogens with zero attached hydrogens (tertiary/aromatic N) is 2. The number of hydrogen-bond donors (Lipinski definition) is 1. The molecular formula is C15H31N3O. The Bertz CT molecular complexity index is 281. The minimum atomic E-state index is 0.247. The molecule has 1 saturated heterocycles. The van der Waals surface area contributed by atoms with Gasteiger partial charge in [-0.05, 0) is 51.2 Å². The highest BCUT2D eigenvalue weighted by atomic mass is 16.2. The van der Waals surface area contributed by atoms with Gasteiger partial charge in [-0.2, -0.15) is 0 Å². The van der Waals surface area contributed by atoms with Crippen LogP contribution in [-0.2, 0) is 4.79 Å². The van der Waals surface area contributed by atoms with Gasteiger partial charge in [-0.15, -0.1) is 0 Å². The average Bonchev–Trinajstić information content (AvgIpc) is 2.73. The zero-order valence-corrected chi connectivity index (χ0v) is 13.1. The maximum Gasteiger partial charge on any atom is 0.222 e. The van der Waals surface area contributed by atoms with Crippen molar-refractivity contribution in [3.63, 3.8) is 0 Å². The van der Waals surface area contributed by atoms with Crippen LogP contribution in [0.4, 0.5) is 0 Å². The average molecular weight is 269 g/mol. The first kappa shape index (κ1) is 16.4. The van der Waals surface area contributed by atoms with Gasteiger partial charge in [0.25, 0.3) is 0 Å². The molecule has 1 fully saturated rings. The molecule has 1 heterocycles. The van der Waals surface area contributed by atoms with Gasteiger partial charge < -0.3 is 15.5 Å². The molecular weight excluding hydrogens is 238 g/mol. The number of hydrogen-bond acceptors (Lipinski definition) is 3. The fourth-order valence-corrected chi connectivity index (χ4v) is 2.96. The van der Waals surface area contributed by atoms with Crippen molar-refractivity contribution >= 4 is 5.91 Å². The van der Waals surface area contributed by atoms with E-state index in [9.17, 15) is 4.79 Å². The molecule has 4 nitrogen and oxygen atoms in total. The van der Waals surface area contributed by atoms with Gasteiger partial charge in [0, 0.05) is 26.1 Å². The molecule has 0 radical (unpaired) electrons. The van der Waals surface area contributed by atoms with Gasteiger partial charge in [0.1, 0.15) is 0 Å². The third kappa shape index (κ3) is 5.49. The first-order valence-corrected chi connectivity index (χ1v) is 7.58. The lowest BCUT2D eigenvalue weighted by Crippen LogP contribution is -2.40. The molecule has 0 aliphatic carbocycles. The summed E-state index contributed by atoms with van der Waals surface area (Å²) in [6.45, 7) is 7.00. The van der Waals surface area contributed by atoms with E-state index in [4.69, 9.17) is 5.73 Å². The molecule has 1 aliphatic rings. The number of carbonyl (C=O) groups excluding carboxylic acids is 1. The predicted molar refractivity (Wildman–Crippen MR) is 79.9 cm³/mol. The number of carbonyl (C=O) groups is 1. The van der Waals surface area contributed by atoms with E-state index in [1.807, 2.05) is 11.9 Å². The van der Waals surface area contributed by atoms with E-state index in [2.05, 4.69) is 25.8 Å². The Balaban J connectivity index is 2.38. The quantitative estimate of drug-likeness (QED) is 0.763. The lowest BCUT2D eigenvalue weighted by Gasteiger charge is -2.27. The number of likely N-dealkylation sites (N-methyl/N-ethyl adjacent to an activating group) is 2. The van der Waals surface area contributed by atoms with Gasteiger partial charge >= 0.3 is 0 Å². The Morgan fingerprint density at radius 3 is 2.63 bits per heavy atom. The molecule has 1 rings (SSSR count). The Hall–Kier alpha value is -0.610. The summed E-state index contributed by atoms with van der Waals surface area (Å²) in [7, 11) is 4.08. The summed E-state index contributed by atoms with van der Waals surface area (Å²) in [5, 5.41) is 0. The van der Waals surface area contributed by atoms with Gasteiger partial charge in [-0.25, -0.2) is 0 Å². The minimum Gasteiger partial charge on any atom is -0.344 e.